The summed E-state index contributed by atoms with van der Waals surface area (Å²) in [7, 11) is 0. The molecule has 6 nitrogen and oxygen atoms in total. The molecule has 0 atom stereocenters. The number of carbonyl (C=O) groups excluding carboxylic acids is 2. The highest BCUT2D eigenvalue weighted by Gasteiger charge is 2.05. The van der Waals surface area contributed by atoms with E-state index in [1.54, 1.807) is 97.1 Å². The van der Waals surface area contributed by atoms with Crippen LogP contribution in [0.2, 0.25) is 0 Å². The molecule has 40 heavy (non-hydrogen) atoms. The topological polar surface area (TPSA) is 115 Å². The molecule has 4 aromatic rings. The van der Waals surface area contributed by atoms with E-state index >= 15 is 0 Å². The number of carbonyl (C=O) groups is 2. The number of ketones is 2. The molecule has 0 saturated carbocycles. The zero-order valence-corrected chi connectivity index (χ0v) is 22.0. The highest BCUT2D eigenvalue weighted by molar-refractivity contribution is 6.04. The standard InChI is InChI=1S/C17H18O3.C17H14O3/c2*18-15(9-7-13-3-1-5-16(19)11-13)10-8-14-4-2-6-17(20)12-14/h1-6,11-12,19-20H,7-10H2;1-12,19-20H/b;9-7+,10-8+. The predicted molar refractivity (Wildman–Crippen MR) is 157 cm³/mol. The molecule has 0 spiro atoms. The second-order valence-electron chi connectivity index (χ2n) is 9.14. The number of aryl methyl sites for hydroxylation is 2. The summed E-state index contributed by atoms with van der Waals surface area (Å²) in [5, 5.41) is 37.3. The van der Waals surface area contributed by atoms with Crippen molar-refractivity contribution in [3.05, 3.63) is 131 Å². The van der Waals surface area contributed by atoms with Crippen molar-refractivity contribution < 1.29 is 30.0 Å². The monoisotopic (exact) mass is 536 g/mol. The average Bonchev–Trinajstić information content (AvgIpc) is 2.93. The number of Topliss-reactive ketones (excluding diaryl/α,β-unsaturated/α-hetero) is 1. The van der Waals surface area contributed by atoms with Gasteiger partial charge in [-0.15, -0.1) is 0 Å². The fourth-order valence-electron chi connectivity index (χ4n) is 3.79. The van der Waals surface area contributed by atoms with Gasteiger partial charge in [0, 0.05) is 12.8 Å². The molecule has 0 aliphatic carbocycles. The number of phenols is 4. The predicted octanol–water partition coefficient (Wildman–Crippen LogP) is 6.63. The minimum Gasteiger partial charge on any atom is -0.508 e. The Hall–Kier alpha value is -5.10. The van der Waals surface area contributed by atoms with E-state index in [1.807, 2.05) is 12.1 Å². The maximum absolute atomic E-state index is 11.8. The molecule has 0 fully saturated rings. The van der Waals surface area contributed by atoms with Gasteiger partial charge < -0.3 is 20.4 Å². The van der Waals surface area contributed by atoms with E-state index in [2.05, 4.69) is 0 Å². The van der Waals surface area contributed by atoms with Gasteiger partial charge in [-0.2, -0.15) is 0 Å². The van der Waals surface area contributed by atoms with E-state index in [4.69, 9.17) is 0 Å². The van der Waals surface area contributed by atoms with Crippen molar-refractivity contribution in [3.63, 3.8) is 0 Å². The molecule has 0 radical (unpaired) electrons. The first-order valence-electron chi connectivity index (χ1n) is 12.8. The van der Waals surface area contributed by atoms with Crippen molar-refractivity contribution in [2.75, 3.05) is 0 Å². The van der Waals surface area contributed by atoms with Crippen molar-refractivity contribution >= 4 is 23.7 Å². The molecule has 4 N–H and O–H groups in total. The third-order valence-corrected chi connectivity index (χ3v) is 5.83. The van der Waals surface area contributed by atoms with Gasteiger partial charge >= 0.3 is 0 Å². The van der Waals surface area contributed by atoms with Gasteiger partial charge in [0.05, 0.1) is 0 Å². The highest BCUT2D eigenvalue weighted by Crippen LogP contribution is 2.16. The van der Waals surface area contributed by atoms with E-state index in [9.17, 15) is 30.0 Å². The molecule has 204 valence electrons. The van der Waals surface area contributed by atoms with Crippen LogP contribution in [0, 0.1) is 0 Å². The summed E-state index contributed by atoms with van der Waals surface area (Å²) in [6.07, 6.45) is 8.36. The second-order valence-corrected chi connectivity index (χ2v) is 9.14. The summed E-state index contributed by atoms with van der Waals surface area (Å²) in [6, 6.07) is 27.3. The summed E-state index contributed by atoms with van der Waals surface area (Å²) >= 11 is 0. The van der Waals surface area contributed by atoms with Crippen LogP contribution in [0.4, 0.5) is 0 Å². The Kier molecular flexibility index (Phi) is 11.3. The van der Waals surface area contributed by atoms with Gasteiger partial charge in [-0.1, -0.05) is 60.7 Å². The number of allylic oxidation sites excluding steroid dienone is 2. The number of benzene rings is 4. The maximum Gasteiger partial charge on any atom is 0.178 e. The maximum atomic E-state index is 11.8. The molecule has 0 saturated heterocycles. The van der Waals surface area contributed by atoms with Gasteiger partial charge in [-0.3, -0.25) is 9.59 Å². The van der Waals surface area contributed by atoms with E-state index in [-0.39, 0.29) is 34.6 Å². The summed E-state index contributed by atoms with van der Waals surface area (Å²) in [5.41, 5.74) is 3.44. The SMILES string of the molecule is O=C(/C=C/c1cccc(O)c1)/C=C/c1cccc(O)c1.O=C(CCc1cccc(O)c1)CCc1cccc(O)c1. The first-order chi connectivity index (χ1) is 19.3. The summed E-state index contributed by atoms with van der Waals surface area (Å²) in [5.74, 6) is 0.808. The van der Waals surface area contributed by atoms with Crippen LogP contribution in [0.1, 0.15) is 35.1 Å². The first-order valence-corrected chi connectivity index (χ1v) is 12.8. The molecule has 4 aromatic carbocycles. The van der Waals surface area contributed by atoms with Crippen LogP contribution in [-0.4, -0.2) is 32.0 Å². The normalized spacial score (nSPS) is 10.8. The van der Waals surface area contributed by atoms with Crippen LogP contribution in [0.5, 0.6) is 23.0 Å². The van der Waals surface area contributed by atoms with Gasteiger partial charge in [0.15, 0.2) is 5.78 Å². The molecule has 4 rings (SSSR count). The molecule has 0 aliphatic heterocycles. The second kappa shape index (κ2) is 15.3. The van der Waals surface area contributed by atoms with Crippen LogP contribution >= 0.6 is 0 Å². The summed E-state index contributed by atoms with van der Waals surface area (Å²) < 4.78 is 0. The van der Waals surface area contributed by atoms with Crippen molar-refractivity contribution in [1.82, 2.24) is 0 Å². The summed E-state index contributed by atoms with van der Waals surface area (Å²) in [6.45, 7) is 0. The fourth-order valence-corrected chi connectivity index (χ4v) is 3.79. The number of phenolic OH excluding ortho intramolecular Hbond substituents is 4. The Bertz CT molecular complexity index is 1380. The van der Waals surface area contributed by atoms with Gasteiger partial charge in [0.1, 0.15) is 28.8 Å². The smallest absolute Gasteiger partial charge is 0.178 e. The molecule has 0 unspecified atom stereocenters. The molecule has 0 bridgehead atoms. The van der Waals surface area contributed by atoms with Crippen LogP contribution in [-0.2, 0) is 22.4 Å². The largest absolute Gasteiger partial charge is 0.508 e. The van der Waals surface area contributed by atoms with Crippen LogP contribution in [0.3, 0.4) is 0 Å². The Morgan fingerprint density at radius 1 is 0.525 bits per heavy atom. The molecular formula is C34H32O6. The van der Waals surface area contributed by atoms with Crippen LogP contribution in [0.25, 0.3) is 12.2 Å². The van der Waals surface area contributed by atoms with Gasteiger partial charge in [0.25, 0.3) is 0 Å². The third kappa shape index (κ3) is 11.1. The Balaban J connectivity index is 0.000000220. The zero-order valence-electron chi connectivity index (χ0n) is 22.0. The lowest BCUT2D eigenvalue weighted by molar-refractivity contribution is -0.119. The summed E-state index contributed by atoms with van der Waals surface area (Å²) in [4.78, 5) is 23.5. The van der Waals surface area contributed by atoms with Gasteiger partial charge in [0.2, 0.25) is 0 Å². The molecule has 6 heteroatoms. The molecule has 0 aliphatic rings. The first kappa shape index (κ1) is 29.5. The minimum absolute atomic E-state index is 0.162. The lowest BCUT2D eigenvalue weighted by Gasteiger charge is -2.03. The lowest BCUT2D eigenvalue weighted by Crippen LogP contribution is -2.02. The fraction of sp³-hybridized carbons (Fsp3) is 0.118. The molecule has 0 aromatic heterocycles. The van der Waals surface area contributed by atoms with Crippen molar-refractivity contribution in [2.45, 2.75) is 25.7 Å². The number of hydrogen-bond acceptors (Lipinski definition) is 6. The van der Waals surface area contributed by atoms with Crippen molar-refractivity contribution in [2.24, 2.45) is 0 Å². The minimum atomic E-state index is -0.170. The van der Waals surface area contributed by atoms with Gasteiger partial charge in [-0.05, 0) is 95.8 Å². The Labute approximate surface area is 233 Å². The Morgan fingerprint density at radius 2 is 0.900 bits per heavy atom. The zero-order chi connectivity index (χ0) is 28.7. The molecule has 0 heterocycles. The quantitative estimate of drug-likeness (QED) is 0.169. The van der Waals surface area contributed by atoms with Crippen LogP contribution in [0.15, 0.2) is 109 Å². The molecule has 0 amide bonds. The Morgan fingerprint density at radius 3 is 1.27 bits per heavy atom. The van der Waals surface area contributed by atoms with E-state index in [0.29, 0.717) is 25.7 Å². The number of hydrogen-bond donors (Lipinski definition) is 4. The molecular weight excluding hydrogens is 504 g/mol. The van der Waals surface area contributed by atoms with Crippen LogP contribution < -0.4 is 0 Å². The van der Waals surface area contributed by atoms with E-state index in [1.165, 1.54) is 12.2 Å². The number of aromatic hydroxyl groups is 4. The van der Waals surface area contributed by atoms with E-state index < -0.39 is 0 Å². The highest BCUT2D eigenvalue weighted by atomic mass is 16.3. The average molecular weight is 537 g/mol. The number of rotatable bonds is 10. The third-order valence-electron chi connectivity index (χ3n) is 5.83. The van der Waals surface area contributed by atoms with Crippen molar-refractivity contribution in [3.8, 4) is 23.0 Å². The van der Waals surface area contributed by atoms with Crippen molar-refractivity contribution in [1.29, 1.82) is 0 Å². The lowest BCUT2D eigenvalue weighted by atomic mass is 10.0. The van der Waals surface area contributed by atoms with E-state index in [0.717, 1.165) is 22.3 Å². The van der Waals surface area contributed by atoms with Gasteiger partial charge in [-0.25, -0.2) is 0 Å².